The molecule has 0 spiro atoms. The molecular weight excluding hydrogens is 482 g/mol. The number of nitrogens with one attached hydrogen (secondary N) is 5. The lowest BCUT2D eigenvalue weighted by molar-refractivity contribution is -0.141. The van der Waals surface area contributed by atoms with E-state index in [1.807, 2.05) is 0 Å². The summed E-state index contributed by atoms with van der Waals surface area (Å²) in [6.07, 6.45) is -3.20. The number of hydrogen-bond donors (Lipinski definition) is 8. The minimum Gasteiger partial charge on any atom is -0.481 e. The first-order chi connectivity index (χ1) is 16.6. The zero-order chi connectivity index (χ0) is 27.7. The highest BCUT2D eigenvalue weighted by Crippen LogP contribution is 2.08. The number of amides is 5. The number of carbonyl (C=O) groups excluding carboxylic acids is 5. The summed E-state index contributed by atoms with van der Waals surface area (Å²) in [6.45, 7) is 5.56. The van der Waals surface area contributed by atoms with E-state index in [4.69, 9.17) is 5.11 Å². The number of carboxylic acids is 2. The molecular formula is C21H33N5O10. The van der Waals surface area contributed by atoms with Gasteiger partial charge in [-0.15, -0.1) is 0 Å². The van der Waals surface area contributed by atoms with Crippen LogP contribution >= 0.6 is 0 Å². The standard InChI is InChI=1S/C21H33N5O10/c1-8(2)15-20(35)24-12(7-14(30)31)19(34)22-9(3)17(32)23-11(5-6-13(28)29)18(33)26-16(10(4)27)21(36)25-15/h8-12,15-16,27H,5-7H2,1-4H3,(H,22,34)(H,23,32)(H,24,35)(H,25,36)(H,26,33)(H,28,29)(H,30,31)/t9-,10+,11-,12-,15-,16-/m0/s1. The van der Waals surface area contributed by atoms with E-state index in [1.165, 1.54) is 13.8 Å². The van der Waals surface area contributed by atoms with Gasteiger partial charge >= 0.3 is 11.9 Å². The summed E-state index contributed by atoms with van der Waals surface area (Å²) in [5.41, 5.74) is 0. The molecule has 202 valence electrons. The van der Waals surface area contributed by atoms with Crippen molar-refractivity contribution in [3.05, 3.63) is 0 Å². The summed E-state index contributed by atoms with van der Waals surface area (Å²) < 4.78 is 0. The van der Waals surface area contributed by atoms with Crippen LogP contribution in [0.25, 0.3) is 0 Å². The highest BCUT2D eigenvalue weighted by Gasteiger charge is 2.36. The second kappa shape index (κ2) is 13.4. The molecule has 15 heteroatoms. The maximum atomic E-state index is 12.9. The van der Waals surface area contributed by atoms with Crippen LogP contribution in [0.1, 0.15) is 47.0 Å². The summed E-state index contributed by atoms with van der Waals surface area (Å²) >= 11 is 0. The predicted molar refractivity (Wildman–Crippen MR) is 121 cm³/mol. The Bertz CT molecular complexity index is 890. The summed E-state index contributed by atoms with van der Waals surface area (Å²) in [6, 6.07) is -7.26. The first-order valence-corrected chi connectivity index (χ1v) is 11.3. The summed E-state index contributed by atoms with van der Waals surface area (Å²) in [5.74, 6) is -8.02. The fourth-order valence-corrected chi connectivity index (χ4v) is 3.30. The number of aliphatic hydroxyl groups is 1. The molecule has 0 saturated carbocycles. The molecule has 1 rings (SSSR count). The van der Waals surface area contributed by atoms with Crippen LogP contribution in [0, 0.1) is 5.92 Å². The topological polar surface area (TPSA) is 240 Å². The average Bonchev–Trinajstić information content (AvgIpc) is 2.75. The predicted octanol–water partition coefficient (Wildman–Crippen LogP) is -3.18. The summed E-state index contributed by atoms with van der Waals surface area (Å²) in [4.78, 5) is 86.2. The van der Waals surface area contributed by atoms with E-state index in [9.17, 15) is 43.8 Å². The van der Waals surface area contributed by atoms with Crippen molar-refractivity contribution in [1.82, 2.24) is 26.6 Å². The average molecular weight is 516 g/mol. The van der Waals surface area contributed by atoms with Gasteiger partial charge < -0.3 is 41.9 Å². The van der Waals surface area contributed by atoms with Gasteiger partial charge in [0.15, 0.2) is 0 Å². The van der Waals surface area contributed by atoms with Crippen molar-refractivity contribution in [2.75, 3.05) is 0 Å². The van der Waals surface area contributed by atoms with Crippen LogP contribution in [0.4, 0.5) is 0 Å². The van der Waals surface area contributed by atoms with Gasteiger partial charge in [-0.25, -0.2) is 0 Å². The second-order valence-corrected chi connectivity index (χ2v) is 8.84. The Kier molecular flexibility index (Phi) is 11.2. The van der Waals surface area contributed by atoms with Crippen LogP contribution in [0.5, 0.6) is 0 Å². The Morgan fingerprint density at radius 3 is 1.72 bits per heavy atom. The molecule has 1 fully saturated rings. The minimum absolute atomic E-state index is 0.377. The monoisotopic (exact) mass is 515 g/mol. The van der Waals surface area contributed by atoms with Gasteiger partial charge in [-0.3, -0.25) is 33.6 Å². The molecule has 0 bridgehead atoms. The van der Waals surface area contributed by atoms with E-state index >= 15 is 0 Å². The van der Waals surface area contributed by atoms with Crippen LogP contribution in [-0.4, -0.2) is 93.1 Å². The molecule has 1 aliphatic heterocycles. The van der Waals surface area contributed by atoms with Crippen molar-refractivity contribution in [2.45, 2.75) is 83.3 Å². The molecule has 0 aromatic carbocycles. The number of aliphatic carboxylic acids is 2. The number of rotatable bonds is 7. The Morgan fingerprint density at radius 2 is 1.22 bits per heavy atom. The molecule has 0 aromatic heterocycles. The minimum atomic E-state index is -1.61. The highest BCUT2D eigenvalue weighted by molar-refractivity contribution is 5.98. The van der Waals surface area contributed by atoms with Crippen LogP contribution in [0.3, 0.4) is 0 Å². The van der Waals surface area contributed by atoms with E-state index < -0.39 is 96.5 Å². The highest BCUT2D eigenvalue weighted by atomic mass is 16.4. The molecule has 1 heterocycles. The van der Waals surface area contributed by atoms with Crippen molar-refractivity contribution in [3.63, 3.8) is 0 Å². The smallest absolute Gasteiger partial charge is 0.305 e. The zero-order valence-corrected chi connectivity index (χ0v) is 20.4. The normalized spacial score (nSPS) is 27.4. The molecule has 0 aromatic rings. The van der Waals surface area contributed by atoms with Crippen molar-refractivity contribution >= 4 is 41.5 Å². The molecule has 15 nitrogen and oxygen atoms in total. The van der Waals surface area contributed by atoms with E-state index in [-0.39, 0.29) is 6.42 Å². The first kappa shape index (κ1) is 30.3. The van der Waals surface area contributed by atoms with Crippen molar-refractivity contribution in [1.29, 1.82) is 0 Å². The lowest BCUT2D eigenvalue weighted by Crippen LogP contribution is -2.61. The zero-order valence-electron chi connectivity index (χ0n) is 20.4. The SMILES string of the molecule is CC(C)[C@@H]1NC(=O)[C@H]([C@@H](C)O)NC(=O)[C@H](CCC(=O)O)NC(=O)[C@H](C)NC(=O)[C@H](CC(=O)O)NC1=O. The quantitative estimate of drug-likeness (QED) is 0.169. The Morgan fingerprint density at radius 1 is 0.722 bits per heavy atom. The largest absolute Gasteiger partial charge is 0.481 e. The van der Waals surface area contributed by atoms with Crippen LogP contribution in [0.15, 0.2) is 0 Å². The fraction of sp³-hybridized carbons (Fsp3) is 0.667. The summed E-state index contributed by atoms with van der Waals surface area (Å²) in [5, 5.41) is 39.7. The van der Waals surface area contributed by atoms with Crippen LogP contribution in [0.2, 0.25) is 0 Å². The van der Waals surface area contributed by atoms with Crippen molar-refractivity contribution < 1.29 is 48.9 Å². The number of carboxylic acid groups (broad SMARTS) is 2. The molecule has 0 radical (unpaired) electrons. The van der Waals surface area contributed by atoms with E-state index in [0.717, 1.165) is 0 Å². The van der Waals surface area contributed by atoms with E-state index in [2.05, 4.69) is 26.6 Å². The number of aliphatic hydroxyl groups excluding tert-OH is 1. The molecule has 0 aliphatic carbocycles. The van der Waals surface area contributed by atoms with E-state index in [0.29, 0.717) is 0 Å². The second-order valence-electron chi connectivity index (χ2n) is 8.84. The molecule has 8 N–H and O–H groups in total. The number of hydrogen-bond acceptors (Lipinski definition) is 8. The Hall–Kier alpha value is -3.75. The van der Waals surface area contributed by atoms with Gasteiger partial charge in [0.1, 0.15) is 30.2 Å². The van der Waals surface area contributed by atoms with Crippen LogP contribution in [-0.2, 0) is 33.6 Å². The first-order valence-electron chi connectivity index (χ1n) is 11.3. The van der Waals surface area contributed by atoms with Gasteiger partial charge in [-0.05, 0) is 26.2 Å². The van der Waals surface area contributed by atoms with Crippen molar-refractivity contribution in [3.8, 4) is 0 Å². The van der Waals surface area contributed by atoms with Gasteiger partial charge in [-0.1, -0.05) is 13.8 Å². The van der Waals surface area contributed by atoms with Gasteiger partial charge in [0.2, 0.25) is 29.5 Å². The molecule has 0 unspecified atom stereocenters. The maximum absolute atomic E-state index is 12.9. The van der Waals surface area contributed by atoms with Crippen molar-refractivity contribution in [2.24, 2.45) is 5.92 Å². The molecule has 1 saturated heterocycles. The third-order valence-electron chi connectivity index (χ3n) is 5.35. The maximum Gasteiger partial charge on any atom is 0.305 e. The van der Waals surface area contributed by atoms with Gasteiger partial charge in [-0.2, -0.15) is 0 Å². The van der Waals surface area contributed by atoms with Gasteiger partial charge in [0.25, 0.3) is 0 Å². The lowest BCUT2D eigenvalue weighted by atomic mass is 10.0. The molecule has 1 aliphatic rings. The Labute approximate surface area is 206 Å². The van der Waals surface area contributed by atoms with Crippen LogP contribution < -0.4 is 26.6 Å². The number of carbonyl (C=O) groups is 7. The Balaban J connectivity index is 3.46. The third-order valence-corrected chi connectivity index (χ3v) is 5.35. The lowest BCUT2D eigenvalue weighted by Gasteiger charge is -2.28. The van der Waals surface area contributed by atoms with Gasteiger partial charge in [0.05, 0.1) is 12.5 Å². The third kappa shape index (κ3) is 9.13. The van der Waals surface area contributed by atoms with E-state index in [1.54, 1.807) is 13.8 Å². The molecule has 6 atom stereocenters. The molecule has 36 heavy (non-hydrogen) atoms. The molecule has 5 amide bonds. The fourth-order valence-electron chi connectivity index (χ4n) is 3.30. The summed E-state index contributed by atoms with van der Waals surface area (Å²) in [7, 11) is 0. The van der Waals surface area contributed by atoms with Gasteiger partial charge in [0, 0.05) is 6.42 Å².